The van der Waals surface area contributed by atoms with E-state index < -0.39 is 45.2 Å². The van der Waals surface area contributed by atoms with E-state index in [9.17, 15) is 19.3 Å². The number of nitro benzene ring substituents is 1. The number of benzene rings is 2. The molecule has 0 saturated carbocycles. The summed E-state index contributed by atoms with van der Waals surface area (Å²) in [6, 6.07) is 2.71. The highest BCUT2D eigenvalue weighted by Crippen LogP contribution is 2.44. The van der Waals surface area contributed by atoms with Crippen LogP contribution in [0.2, 0.25) is 0 Å². The third-order valence-electron chi connectivity index (χ3n) is 6.27. The zero-order valence-electron chi connectivity index (χ0n) is 20.3. The lowest BCUT2D eigenvalue weighted by molar-refractivity contribution is -0.383. The first-order valence-electron chi connectivity index (χ1n) is 11.5. The number of hydrogen-bond acceptors (Lipinski definition) is 9. The Balaban J connectivity index is 1.58. The molecule has 37 heavy (non-hydrogen) atoms. The number of rotatable bonds is 2. The number of amides is 1. The summed E-state index contributed by atoms with van der Waals surface area (Å²) in [6.45, 7) is 6.46. The molecule has 0 aliphatic carbocycles. The molecule has 1 atom stereocenters. The van der Waals surface area contributed by atoms with Crippen LogP contribution in [0.25, 0.3) is 22.0 Å². The summed E-state index contributed by atoms with van der Waals surface area (Å²) >= 11 is 0. The fourth-order valence-electron chi connectivity index (χ4n) is 4.65. The van der Waals surface area contributed by atoms with Gasteiger partial charge in [-0.1, -0.05) is 0 Å². The number of hydrogen-bond donors (Lipinski definition) is 1. The van der Waals surface area contributed by atoms with Gasteiger partial charge in [0.25, 0.3) is 5.69 Å². The summed E-state index contributed by atoms with van der Waals surface area (Å²) in [4.78, 5) is 35.2. The van der Waals surface area contributed by atoms with E-state index in [-0.39, 0.29) is 41.4 Å². The van der Waals surface area contributed by atoms with Crippen molar-refractivity contribution in [1.29, 1.82) is 0 Å². The van der Waals surface area contributed by atoms with Gasteiger partial charge in [0, 0.05) is 31.3 Å². The third-order valence-corrected chi connectivity index (χ3v) is 6.27. The van der Waals surface area contributed by atoms with E-state index in [0.717, 1.165) is 12.1 Å². The van der Waals surface area contributed by atoms with Gasteiger partial charge in [-0.05, 0) is 32.9 Å². The molecule has 5 rings (SSSR count). The number of anilines is 2. The molecule has 0 unspecified atom stereocenters. The summed E-state index contributed by atoms with van der Waals surface area (Å²) < 4.78 is 42.2. The lowest BCUT2D eigenvalue weighted by atomic mass is 9.98. The van der Waals surface area contributed by atoms with Gasteiger partial charge in [-0.3, -0.25) is 10.1 Å². The average Bonchev–Trinajstić information content (AvgIpc) is 2.98. The van der Waals surface area contributed by atoms with Crippen LogP contribution in [-0.4, -0.2) is 63.8 Å². The van der Waals surface area contributed by atoms with Crippen molar-refractivity contribution < 1.29 is 28.0 Å². The van der Waals surface area contributed by atoms with Crippen molar-refractivity contribution in [2.45, 2.75) is 32.4 Å². The molecule has 13 heteroatoms. The van der Waals surface area contributed by atoms with Crippen molar-refractivity contribution in [2.24, 2.45) is 0 Å². The number of aromatic nitrogens is 2. The number of nitrogen functional groups attached to an aromatic ring is 1. The van der Waals surface area contributed by atoms with Crippen molar-refractivity contribution in [2.75, 3.05) is 36.9 Å². The Hall–Kier alpha value is -4.29. The predicted octanol–water partition coefficient (Wildman–Crippen LogP) is 3.88. The molecular formula is C24H24F2N6O5. The Morgan fingerprint density at radius 1 is 1.27 bits per heavy atom. The third kappa shape index (κ3) is 4.19. The second-order valence-corrected chi connectivity index (χ2v) is 9.85. The first-order chi connectivity index (χ1) is 17.5. The van der Waals surface area contributed by atoms with Crippen LogP contribution in [0.1, 0.15) is 20.8 Å². The smallest absolute Gasteiger partial charge is 0.410 e. The van der Waals surface area contributed by atoms with Crippen LogP contribution < -0.4 is 15.4 Å². The molecule has 1 fully saturated rings. The maximum Gasteiger partial charge on any atom is 0.410 e. The topological polar surface area (TPSA) is 137 Å². The van der Waals surface area contributed by atoms with Crippen LogP contribution in [0.5, 0.6) is 5.75 Å². The van der Waals surface area contributed by atoms with Crippen LogP contribution in [0.4, 0.5) is 30.8 Å². The lowest BCUT2D eigenvalue weighted by Gasteiger charge is -2.41. The molecule has 1 saturated heterocycles. The van der Waals surface area contributed by atoms with Crippen LogP contribution >= 0.6 is 0 Å². The molecule has 0 spiro atoms. The van der Waals surface area contributed by atoms with Gasteiger partial charge < -0.3 is 25.0 Å². The predicted molar refractivity (Wildman–Crippen MR) is 130 cm³/mol. The molecule has 2 aromatic carbocycles. The van der Waals surface area contributed by atoms with Crippen molar-refractivity contribution in [1.82, 2.24) is 14.9 Å². The second-order valence-electron chi connectivity index (χ2n) is 9.85. The van der Waals surface area contributed by atoms with Crippen molar-refractivity contribution in [3.05, 3.63) is 46.3 Å². The number of ether oxygens (including phenoxy) is 2. The molecule has 0 radical (unpaired) electrons. The molecule has 0 bridgehead atoms. The van der Waals surface area contributed by atoms with E-state index in [2.05, 4.69) is 9.97 Å². The van der Waals surface area contributed by atoms with Gasteiger partial charge in [-0.15, -0.1) is 0 Å². The number of nitrogens with two attached hydrogens (primary N) is 1. The Morgan fingerprint density at radius 2 is 2.03 bits per heavy atom. The molecular weight excluding hydrogens is 490 g/mol. The van der Waals surface area contributed by atoms with E-state index in [1.54, 1.807) is 25.7 Å². The number of fused-ring (bicyclic) bond motifs is 2. The zero-order valence-corrected chi connectivity index (χ0v) is 20.3. The summed E-state index contributed by atoms with van der Waals surface area (Å²) in [7, 11) is 0. The van der Waals surface area contributed by atoms with E-state index in [0.29, 0.717) is 18.9 Å². The highest BCUT2D eigenvalue weighted by atomic mass is 19.1. The maximum absolute atomic E-state index is 15.8. The minimum Gasteiger partial charge on any atom is -0.490 e. The maximum atomic E-state index is 15.8. The summed E-state index contributed by atoms with van der Waals surface area (Å²) in [5, 5.41) is 11.6. The summed E-state index contributed by atoms with van der Waals surface area (Å²) in [6.07, 6.45) is 0.732. The van der Waals surface area contributed by atoms with E-state index in [1.165, 1.54) is 12.4 Å². The second kappa shape index (κ2) is 8.68. The standard InChI is InChI=1S/C24H24F2N6O5/c1-24(2,3)37-23(33)30-6-7-31-12(9-30)10-36-16-8-13(19(26)21-18(16)22(31)29-11-28-21)17-14(25)4-5-15(20(17)27)32(34)35/h4-5,8,11-12H,6-7,9-10,27H2,1-3H3/t12-/m0/s1. The fourth-order valence-corrected chi connectivity index (χ4v) is 4.65. The van der Waals surface area contributed by atoms with Gasteiger partial charge in [-0.2, -0.15) is 0 Å². The average molecular weight is 514 g/mol. The van der Waals surface area contributed by atoms with Gasteiger partial charge in [0.15, 0.2) is 5.82 Å². The zero-order chi connectivity index (χ0) is 26.6. The van der Waals surface area contributed by atoms with Crippen LogP contribution in [0.3, 0.4) is 0 Å². The number of carbonyl (C=O) groups excluding carboxylic acids is 1. The minimum absolute atomic E-state index is 0.0999. The summed E-state index contributed by atoms with van der Waals surface area (Å²) in [5.74, 6) is -1.26. The molecule has 1 aromatic heterocycles. The highest BCUT2D eigenvalue weighted by molar-refractivity contribution is 6.00. The number of piperazine rings is 1. The number of carbonyl (C=O) groups is 1. The molecule has 11 nitrogen and oxygen atoms in total. The first-order valence-corrected chi connectivity index (χ1v) is 11.5. The monoisotopic (exact) mass is 514 g/mol. The Kier molecular flexibility index (Phi) is 5.72. The van der Waals surface area contributed by atoms with Crippen LogP contribution in [-0.2, 0) is 4.74 Å². The van der Waals surface area contributed by atoms with Crippen molar-refractivity contribution in [3.8, 4) is 16.9 Å². The minimum atomic E-state index is -0.929. The van der Waals surface area contributed by atoms with E-state index in [4.69, 9.17) is 15.2 Å². The lowest BCUT2D eigenvalue weighted by Crippen LogP contribution is -2.57. The highest BCUT2D eigenvalue weighted by Gasteiger charge is 2.37. The van der Waals surface area contributed by atoms with Gasteiger partial charge in [0.2, 0.25) is 0 Å². The molecule has 3 aromatic rings. The van der Waals surface area contributed by atoms with Crippen molar-refractivity contribution >= 4 is 34.2 Å². The molecule has 194 valence electrons. The molecule has 2 aliphatic heterocycles. The molecule has 3 heterocycles. The summed E-state index contributed by atoms with van der Waals surface area (Å²) in [5.41, 5.74) is 3.28. The van der Waals surface area contributed by atoms with Crippen LogP contribution in [0.15, 0.2) is 24.5 Å². The number of nitro groups is 1. The van der Waals surface area contributed by atoms with Gasteiger partial charge in [0.05, 0.1) is 21.9 Å². The molecule has 2 aliphatic rings. The van der Waals surface area contributed by atoms with E-state index >= 15 is 4.39 Å². The van der Waals surface area contributed by atoms with Crippen LogP contribution in [0, 0.1) is 21.7 Å². The quantitative estimate of drug-likeness (QED) is 0.307. The van der Waals surface area contributed by atoms with Crippen molar-refractivity contribution in [3.63, 3.8) is 0 Å². The Bertz CT molecular complexity index is 1440. The van der Waals surface area contributed by atoms with Gasteiger partial charge in [-0.25, -0.2) is 23.5 Å². The largest absolute Gasteiger partial charge is 0.490 e. The number of nitrogens with zero attached hydrogens (tertiary/aromatic N) is 5. The fraction of sp³-hybridized carbons (Fsp3) is 0.375. The molecule has 1 amide bonds. The SMILES string of the molecule is CC(C)(C)OC(=O)N1CCN2c3ncnc4c(F)c(-c5c(F)ccc([N+](=O)[O-])c5N)cc(c34)OC[C@@H]2C1. The van der Waals surface area contributed by atoms with Gasteiger partial charge in [0.1, 0.15) is 47.1 Å². The Morgan fingerprint density at radius 3 is 2.73 bits per heavy atom. The van der Waals surface area contributed by atoms with Gasteiger partial charge >= 0.3 is 6.09 Å². The Labute approximate surface area is 209 Å². The van der Waals surface area contributed by atoms with E-state index in [1.807, 2.05) is 4.90 Å². The first kappa shape index (κ1) is 24.4. The molecule has 2 N–H and O–H groups in total. The normalized spacial score (nSPS) is 17.2. The number of halogens is 2.